The van der Waals surface area contributed by atoms with Gasteiger partial charge in [0, 0.05) is 11.1 Å². The SMILES string of the molecule is C=C(CCC(C)CC(=C)C(N)=O)C(N)=O. The van der Waals surface area contributed by atoms with Gasteiger partial charge in [0.1, 0.15) is 0 Å². The van der Waals surface area contributed by atoms with Gasteiger partial charge in [-0.15, -0.1) is 0 Å². The molecule has 2 amide bonds. The van der Waals surface area contributed by atoms with Crippen molar-refractivity contribution < 1.29 is 9.59 Å². The van der Waals surface area contributed by atoms with Crippen molar-refractivity contribution in [2.75, 3.05) is 0 Å². The quantitative estimate of drug-likeness (QED) is 0.611. The molecule has 0 aliphatic rings. The maximum atomic E-state index is 10.7. The first-order valence-electron chi connectivity index (χ1n) is 4.79. The van der Waals surface area contributed by atoms with Crippen LogP contribution in [0.4, 0.5) is 0 Å². The predicted molar refractivity (Wildman–Crippen MR) is 59.7 cm³/mol. The van der Waals surface area contributed by atoms with Crippen molar-refractivity contribution in [3.8, 4) is 0 Å². The lowest BCUT2D eigenvalue weighted by Gasteiger charge is -2.11. The molecule has 1 unspecified atom stereocenters. The molecular formula is C11H18N2O2. The third kappa shape index (κ3) is 5.67. The second-order valence-electron chi connectivity index (χ2n) is 3.78. The molecule has 0 saturated heterocycles. The Hall–Kier alpha value is -1.58. The van der Waals surface area contributed by atoms with E-state index in [4.69, 9.17) is 11.5 Å². The van der Waals surface area contributed by atoms with Crippen molar-refractivity contribution in [3.05, 3.63) is 24.3 Å². The van der Waals surface area contributed by atoms with Crippen LogP contribution in [0.3, 0.4) is 0 Å². The van der Waals surface area contributed by atoms with E-state index in [1.165, 1.54) is 0 Å². The van der Waals surface area contributed by atoms with E-state index in [0.29, 0.717) is 24.0 Å². The molecule has 0 saturated carbocycles. The number of carbonyl (C=O) groups excluding carboxylic acids is 2. The van der Waals surface area contributed by atoms with Gasteiger partial charge in [-0.05, 0) is 25.2 Å². The van der Waals surface area contributed by atoms with Gasteiger partial charge in [-0.2, -0.15) is 0 Å². The second-order valence-corrected chi connectivity index (χ2v) is 3.78. The first kappa shape index (κ1) is 13.4. The highest BCUT2D eigenvalue weighted by Crippen LogP contribution is 2.17. The Balaban J connectivity index is 3.90. The topological polar surface area (TPSA) is 86.2 Å². The van der Waals surface area contributed by atoms with Crippen molar-refractivity contribution in [2.45, 2.75) is 26.2 Å². The smallest absolute Gasteiger partial charge is 0.244 e. The molecule has 0 spiro atoms. The van der Waals surface area contributed by atoms with Gasteiger partial charge in [0.05, 0.1) is 0 Å². The number of hydrogen-bond acceptors (Lipinski definition) is 2. The lowest BCUT2D eigenvalue weighted by Crippen LogP contribution is -2.16. The summed E-state index contributed by atoms with van der Waals surface area (Å²) in [6.07, 6.45) is 1.83. The van der Waals surface area contributed by atoms with Crippen LogP contribution >= 0.6 is 0 Å². The molecule has 0 rings (SSSR count). The van der Waals surface area contributed by atoms with Crippen molar-refractivity contribution in [1.29, 1.82) is 0 Å². The number of nitrogens with two attached hydrogens (primary N) is 2. The van der Waals surface area contributed by atoms with E-state index in [1.807, 2.05) is 6.92 Å². The Morgan fingerprint density at radius 1 is 1.13 bits per heavy atom. The van der Waals surface area contributed by atoms with Crippen LogP contribution in [0.15, 0.2) is 24.3 Å². The second kappa shape index (κ2) is 6.01. The summed E-state index contributed by atoms with van der Waals surface area (Å²) in [4.78, 5) is 21.4. The normalized spacial score (nSPS) is 11.8. The molecule has 0 heterocycles. The molecule has 0 aromatic rings. The summed E-state index contributed by atoms with van der Waals surface area (Å²) >= 11 is 0. The van der Waals surface area contributed by atoms with E-state index in [0.717, 1.165) is 6.42 Å². The average molecular weight is 210 g/mol. The standard InChI is InChI=1S/C11H18N2O2/c1-7(6-9(3)11(13)15)4-5-8(2)10(12)14/h7H,2-6H2,1H3,(H2,12,14)(H2,13,15). The first-order chi connectivity index (χ1) is 6.84. The molecule has 1 atom stereocenters. The summed E-state index contributed by atoms with van der Waals surface area (Å²) < 4.78 is 0. The summed E-state index contributed by atoms with van der Waals surface area (Å²) in [5, 5.41) is 0. The van der Waals surface area contributed by atoms with E-state index in [-0.39, 0.29) is 5.92 Å². The van der Waals surface area contributed by atoms with Crippen molar-refractivity contribution in [3.63, 3.8) is 0 Å². The summed E-state index contributed by atoms with van der Waals surface area (Å²) in [7, 11) is 0. The van der Waals surface area contributed by atoms with Crippen molar-refractivity contribution in [2.24, 2.45) is 17.4 Å². The van der Waals surface area contributed by atoms with Crippen molar-refractivity contribution >= 4 is 11.8 Å². The van der Waals surface area contributed by atoms with Crippen LogP contribution in [0.5, 0.6) is 0 Å². The molecule has 0 aliphatic carbocycles. The van der Waals surface area contributed by atoms with Gasteiger partial charge in [-0.3, -0.25) is 9.59 Å². The maximum Gasteiger partial charge on any atom is 0.244 e. The molecule has 4 N–H and O–H groups in total. The first-order valence-corrected chi connectivity index (χ1v) is 4.79. The van der Waals surface area contributed by atoms with Crippen molar-refractivity contribution in [1.82, 2.24) is 0 Å². The van der Waals surface area contributed by atoms with E-state index in [2.05, 4.69) is 13.2 Å². The molecule has 4 heteroatoms. The maximum absolute atomic E-state index is 10.7. The number of amides is 2. The van der Waals surface area contributed by atoms with E-state index in [1.54, 1.807) is 0 Å². The molecule has 0 radical (unpaired) electrons. The van der Waals surface area contributed by atoms with E-state index < -0.39 is 11.8 Å². The summed E-state index contributed by atoms with van der Waals surface area (Å²) in [6, 6.07) is 0. The fourth-order valence-electron chi connectivity index (χ4n) is 1.17. The van der Waals surface area contributed by atoms with E-state index >= 15 is 0 Å². The van der Waals surface area contributed by atoms with Crippen LogP contribution in [-0.4, -0.2) is 11.8 Å². The predicted octanol–water partition coefficient (Wildman–Crippen LogP) is 0.876. The third-order valence-electron chi connectivity index (χ3n) is 2.23. The summed E-state index contributed by atoms with van der Waals surface area (Å²) in [5.74, 6) is -0.715. The summed E-state index contributed by atoms with van der Waals surface area (Å²) in [5.41, 5.74) is 10.9. The Bertz CT molecular complexity index is 295. The van der Waals surface area contributed by atoms with Gasteiger partial charge >= 0.3 is 0 Å². The molecule has 0 fully saturated rings. The van der Waals surface area contributed by atoms with Crippen LogP contribution in [-0.2, 0) is 9.59 Å². The molecular weight excluding hydrogens is 192 g/mol. The van der Waals surface area contributed by atoms with Crippen LogP contribution in [0.25, 0.3) is 0 Å². The third-order valence-corrected chi connectivity index (χ3v) is 2.23. The number of hydrogen-bond donors (Lipinski definition) is 2. The van der Waals surface area contributed by atoms with Crippen LogP contribution in [0.2, 0.25) is 0 Å². The fourth-order valence-corrected chi connectivity index (χ4v) is 1.17. The molecule has 15 heavy (non-hydrogen) atoms. The molecule has 0 aromatic carbocycles. The van der Waals surface area contributed by atoms with Gasteiger partial charge in [0.15, 0.2) is 0 Å². The zero-order valence-electron chi connectivity index (χ0n) is 9.08. The molecule has 0 aromatic heterocycles. The number of carbonyl (C=O) groups is 2. The number of rotatable bonds is 7. The lowest BCUT2D eigenvalue weighted by molar-refractivity contribution is -0.115. The van der Waals surface area contributed by atoms with Gasteiger partial charge in [-0.1, -0.05) is 20.1 Å². The van der Waals surface area contributed by atoms with Gasteiger partial charge < -0.3 is 11.5 Å². The van der Waals surface area contributed by atoms with Crippen LogP contribution in [0.1, 0.15) is 26.2 Å². The number of primary amides is 2. The van der Waals surface area contributed by atoms with Crippen LogP contribution in [0, 0.1) is 5.92 Å². The fraction of sp³-hybridized carbons (Fsp3) is 0.455. The molecule has 84 valence electrons. The Morgan fingerprint density at radius 2 is 1.60 bits per heavy atom. The largest absolute Gasteiger partial charge is 0.366 e. The monoisotopic (exact) mass is 210 g/mol. The Kier molecular flexibility index (Phi) is 5.37. The van der Waals surface area contributed by atoms with E-state index in [9.17, 15) is 9.59 Å². The highest BCUT2D eigenvalue weighted by Gasteiger charge is 2.10. The zero-order chi connectivity index (χ0) is 12.0. The molecule has 4 nitrogen and oxygen atoms in total. The minimum absolute atomic E-state index is 0.237. The lowest BCUT2D eigenvalue weighted by atomic mass is 9.95. The van der Waals surface area contributed by atoms with Gasteiger partial charge in [-0.25, -0.2) is 0 Å². The molecule has 0 bridgehead atoms. The zero-order valence-corrected chi connectivity index (χ0v) is 9.08. The van der Waals surface area contributed by atoms with Gasteiger partial charge in [0.25, 0.3) is 0 Å². The average Bonchev–Trinajstić information content (AvgIpc) is 2.13. The van der Waals surface area contributed by atoms with Crippen LogP contribution < -0.4 is 11.5 Å². The molecule has 0 aliphatic heterocycles. The Labute approximate surface area is 90.0 Å². The minimum atomic E-state index is -0.476. The highest BCUT2D eigenvalue weighted by atomic mass is 16.1. The van der Waals surface area contributed by atoms with Gasteiger partial charge in [0.2, 0.25) is 11.8 Å². The summed E-state index contributed by atoms with van der Waals surface area (Å²) in [6.45, 7) is 9.08. The Morgan fingerprint density at radius 3 is 2.00 bits per heavy atom. The highest BCUT2D eigenvalue weighted by molar-refractivity contribution is 5.91. The minimum Gasteiger partial charge on any atom is -0.366 e.